The zero-order valence-electron chi connectivity index (χ0n) is 25.3. The molecule has 0 heterocycles. The van der Waals surface area contributed by atoms with Gasteiger partial charge in [0.05, 0.1) is 0 Å². The van der Waals surface area contributed by atoms with Crippen LogP contribution in [-0.4, -0.2) is 30.1 Å². The van der Waals surface area contributed by atoms with Gasteiger partial charge in [-0.2, -0.15) is 0 Å². The zero-order chi connectivity index (χ0) is 26.3. The molecule has 0 spiro atoms. The zero-order valence-corrected chi connectivity index (χ0v) is 26.2. The molecule has 0 fully saturated rings. The fourth-order valence-electron chi connectivity index (χ4n) is 6.18. The van der Waals surface area contributed by atoms with Gasteiger partial charge in [0, 0.05) is 0 Å². The Balaban J connectivity index is 5.51. The van der Waals surface area contributed by atoms with Crippen LogP contribution in [0.1, 0.15) is 176 Å². The van der Waals surface area contributed by atoms with Crippen LogP contribution in [0.15, 0.2) is 0 Å². The molecule has 35 heavy (non-hydrogen) atoms. The summed E-state index contributed by atoms with van der Waals surface area (Å²) in [5, 5.41) is 0. The van der Waals surface area contributed by atoms with E-state index in [-0.39, 0.29) is 5.97 Å². The summed E-state index contributed by atoms with van der Waals surface area (Å²) < 4.78 is 7.11. The first kappa shape index (κ1) is 34.9. The molecule has 0 bridgehead atoms. The van der Waals surface area contributed by atoms with E-state index < -0.39 is 6.83 Å². The summed E-state index contributed by atoms with van der Waals surface area (Å²) in [6, 6.07) is 0. The molecule has 0 aliphatic rings. The van der Waals surface area contributed by atoms with E-state index in [0.29, 0.717) is 12.1 Å². The Morgan fingerprint density at radius 2 is 0.943 bits per heavy atom. The van der Waals surface area contributed by atoms with E-state index in [9.17, 15) is 4.79 Å². The number of hydrogen-bond donors (Lipinski definition) is 0. The minimum absolute atomic E-state index is 0.159. The monoisotopic (exact) mass is 514 g/mol. The molecule has 0 aromatic heterocycles. The van der Waals surface area contributed by atoms with Gasteiger partial charge < -0.3 is 0 Å². The normalized spacial score (nSPS) is 13.9. The second kappa shape index (κ2) is 21.9. The third kappa shape index (κ3) is 13.9. The maximum atomic E-state index is 13.6. The van der Waals surface area contributed by atoms with Crippen molar-refractivity contribution in [1.29, 1.82) is 0 Å². The second-order valence-electron chi connectivity index (χ2n) is 11.6. The topological polar surface area (TPSA) is 26.3 Å². The summed E-state index contributed by atoms with van der Waals surface area (Å²) in [5.74, 6) is 0.159. The quantitative estimate of drug-likeness (QED) is 0.0847. The number of hydrogen-bond acceptors (Lipinski definition) is 2. The maximum absolute atomic E-state index is 13.6. The van der Waals surface area contributed by atoms with Gasteiger partial charge >= 0.3 is 216 Å². The predicted molar refractivity (Wildman–Crippen MR) is 162 cm³/mol. The molecule has 0 radical (unpaired) electrons. The van der Waals surface area contributed by atoms with Crippen LogP contribution in [0.4, 0.5) is 0 Å². The van der Waals surface area contributed by atoms with Crippen LogP contribution in [0, 0.1) is 0 Å². The van der Waals surface area contributed by atoms with E-state index in [4.69, 9.17) is 4.52 Å². The van der Waals surface area contributed by atoms with Crippen LogP contribution in [0.3, 0.4) is 0 Å². The van der Waals surface area contributed by atoms with E-state index >= 15 is 0 Å². The molecule has 2 nitrogen and oxygen atoms in total. The summed E-state index contributed by atoms with van der Waals surface area (Å²) in [5.41, 5.74) is 0.627. The van der Waals surface area contributed by atoms with Gasteiger partial charge in [0.15, 0.2) is 0 Å². The Morgan fingerprint density at radius 1 is 0.514 bits per heavy atom. The average Bonchev–Trinajstić information content (AvgIpc) is 2.86. The van der Waals surface area contributed by atoms with Crippen molar-refractivity contribution in [2.24, 2.45) is 0 Å². The van der Waals surface area contributed by atoms with Crippen LogP contribution in [-0.2, 0) is 9.32 Å². The van der Waals surface area contributed by atoms with Gasteiger partial charge in [-0.3, -0.25) is 0 Å². The number of unbranched alkanes of at least 4 members (excludes halogenated alkanes) is 12. The van der Waals surface area contributed by atoms with Gasteiger partial charge in [0.25, 0.3) is 0 Å². The molecule has 0 saturated heterocycles. The van der Waals surface area contributed by atoms with Gasteiger partial charge in [0.2, 0.25) is 0 Å². The average molecular weight is 515 g/mol. The summed E-state index contributed by atoms with van der Waals surface area (Å²) in [6.07, 6.45) is 29.4. The van der Waals surface area contributed by atoms with Gasteiger partial charge in [-0.25, -0.2) is 0 Å². The molecular formula is C32H67O2P. The van der Waals surface area contributed by atoms with Crippen molar-refractivity contribution in [1.82, 2.24) is 0 Å². The first-order valence-corrected chi connectivity index (χ1v) is 19.0. The van der Waals surface area contributed by atoms with Crippen molar-refractivity contribution in [3.63, 3.8) is 0 Å². The number of rotatable bonds is 26. The number of carbonyl (C=O) groups excluding carboxylic acids is 1. The Morgan fingerprint density at radius 3 is 1.37 bits per heavy atom. The van der Waals surface area contributed by atoms with Gasteiger partial charge in [-0.05, 0) is 0 Å². The minimum atomic E-state index is -2.61. The molecular weight excluding hydrogens is 447 g/mol. The fraction of sp³-hybridized carbons (Fsp3) is 0.969. The van der Waals surface area contributed by atoms with Crippen LogP contribution in [0.25, 0.3) is 0 Å². The molecule has 1 atom stereocenters. The molecule has 0 aliphatic heterocycles. The Bertz CT molecular complexity index is 465. The van der Waals surface area contributed by atoms with Crippen molar-refractivity contribution >= 4 is 12.8 Å². The van der Waals surface area contributed by atoms with Crippen molar-refractivity contribution < 1.29 is 9.32 Å². The SMILES string of the molecule is CCCCCCCCCCCC(=O)OP(CCCC)(CCCC)(CCCC)C(CCC)CCCC. The number of carbonyl (C=O) groups is 1. The van der Waals surface area contributed by atoms with Crippen molar-refractivity contribution in [2.45, 2.75) is 182 Å². The molecule has 212 valence electrons. The third-order valence-electron chi connectivity index (χ3n) is 8.41. The summed E-state index contributed by atoms with van der Waals surface area (Å²) in [7, 11) is 0. The summed E-state index contributed by atoms with van der Waals surface area (Å²) >= 11 is 0. The Labute approximate surface area is 222 Å². The molecule has 0 rings (SSSR count). The van der Waals surface area contributed by atoms with Gasteiger partial charge in [-0.1, -0.05) is 6.92 Å². The molecule has 0 aliphatic carbocycles. The first-order chi connectivity index (χ1) is 17.0. The van der Waals surface area contributed by atoms with Crippen molar-refractivity contribution in [2.75, 3.05) is 18.5 Å². The van der Waals surface area contributed by atoms with E-state index in [1.54, 1.807) is 0 Å². The van der Waals surface area contributed by atoms with Crippen LogP contribution in [0.5, 0.6) is 0 Å². The fourth-order valence-corrected chi connectivity index (χ4v) is 14.0. The second-order valence-corrected chi connectivity index (χ2v) is 17.2. The summed E-state index contributed by atoms with van der Waals surface area (Å²) in [4.78, 5) is 13.6. The van der Waals surface area contributed by atoms with Crippen molar-refractivity contribution in [3.8, 4) is 0 Å². The van der Waals surface area contributed by atoms with Crippen molar-refractivity contribution in [3.05, 3.63) is 0 Å². The first-order valence-electron chi connectivity index (χ1n) is 16.2. The Hall–Kier alpha value is -0.100. The van der Waals surface area contributed by atoms with E-state index in [0.717, 1.165) is 6.42 Å². The van der Waals surface area contributed by atoms with E-state index in [1.165, 1.54) is 140 Å². The molecule has 0 saturated carbocycles. The summed E-state index contributed by atoms with van der Waals surface area (Å²) in [6.45, 7) is 11.3. The predicted octanol–water partition coefficient (Wildman–Crippen LogP) is 11.7. The molecule has 0 aromatic rings. The molecule has 3 heteroatoms. The van der Waals surface area contributed by atoms with Crippen LogP contribution < -0.4 is 0 Å². The standard InChI is InChI=1S/C32H67O2P/c1-7-13-18-19-20-21-22-23-24-27-32(33)34-35(28-15-9-3,29-16-10-4,30-17-11-5)31(25-12-6)26-14-8-2/h31H,7-30H2,1-6H3. The molecule has 0 aromatic carbocycles. The van der Waals surface area contributed by atoms with E-state index in [2.05, 4.69) is 41.5 Å². The van der Waals surface area contributed by atoms with Crippen LogP contribution in [0.2, 0.25) is 0 Å². The third-order valence-corrected chi connectivity index (χ3v) is 15.6. The Kier molecular flexibility index (Phi) is 21.9. The molecule has 1 unspecified atom stereocenters. The van der Waals surface area contributed by atoms with E-state index in [1.807, 2.05) is 0 Å². The van der Waals surface area contributed by atoms with Gasteiger partial charge in [0.1, 0.15) is 0 Å². The molecule has 0 amide bonds. The van der Waals surface area contributed by atoms with Crippen LogP contribution >= 0.6 is 6.83 Å². The van der Waals surface area contributed by atoms with Gasteiger partial charge in [-0.15, -0.1) is 0 Å². The molecule has 0 N–H and O–H groups in total.